The van der Waals surface area contributed by atoms with E-state index >= 15 is 0 Å². The number of anilines is 1. The van der Waals surface area contributed by atoms with Crippen molar-refractivity contribution < 1.29 is 4.79 Å². The smallest absolute Gasteiger partial charge is 0.254 e. The quantitative estimate of drug-likeness (QED) is 0.725. The van der Waals surface area contributed by atoms with Gasteiger partial charge in [0.25, 0.3) is 5.91 Å². The monoisotopic (exact) mass is 333 g/mol. The molecule has 0 fully saturated rings. The molecule has 3 rings (SSSR count). The molecule has 0 aliphatic rings. The van der Waals surface area contributed by atoms with Crippen molar-refractivity contribution in [3.63, 3.8) is 0 Å². The van der Waals surface area contributed by atoms with E-state index in [2.05, 4.69) is 44.6 Å². The van der Waals surface area contributed by atoms with Crippen LogP contribution in [0.5, 0.6) is 0 Å². The first-order chi connectivity index (χ1) is 12.2. The zero-order chi connectivity index (χ0) is 17.5. The summed E-state index contributed by atoms with van der Waals surface area (Å²) in [6.07, 6.45) is 6.43. The third kappa shape index (κ3) is 4.60. The summed E-state index contributed by atoms with van der Waals surface area (Å²) in [5.41, 5.74) is 3.81. The fraction of sp³-hybridized carbons (Fsp3) is 0.158. The van der Waals surface area contributed by atoms with Crippen molar-refractivity contribution in [1.82, 2.24) is 20.3 Å². The summed E-state index contributed by atoms with van der Waals surface area (Å²) in [6, 6.07) is 11.8. The zero-order valence-electron chi connectivity index (χ0n) is 13.9. The van der Waals surface area contributed by atoms with E-state index < -0.39 is 0 Å². The molecule has 0 atom stereocenters. The Morgan fingerprint density at radius 2 is 1.72 bits per heavy atom. The largest absolute Gasteiger partial charge is 0.350 e. The summed E-state index contributed by atoms with van der Waals surface area (Å²) in [5, 5.41) is 6.00. The van der Waals surface area contributed by atoms with Gasteiger partial charge in [-0.15, -0.1) is 0 Å². The number of nitrogens with zero attached hydrogens (tertiary/aromatic N) is 3. The predicted molar refractivity (Wildman–Crippen MR) is 95.9 cm³/mol. The van der Waals surface area contributed by atoms with Crippen molar-refractivity contribution in [1.29, 1.82) is 0 Å². The van der Waals surface area contributed by atoms with Crippen LogP contribution in [-0.4, -0.2) is 20.9 Å². The number of aromatic nitrogens is 3. The van der Waals surface area contributed by atoms with Crippen molar-refractivity contribution >= 4 is 11.9 Å². The molecule has 0 bridgehead atoms. The van der Waals surface area contributed by atoms with Gasteiger partial charge in [-0.2, -0.15) is 0 Å². The number of carbonyl (C=O) groups is 1. The fourth-order valence-corrected chi connectivity index (χ4v) is 2.30. The molecule has 25 heavy (non-hydrogen) atoms. The predicted octanol–water partition coefficient (Wildman–Crippen LogP) is 2.72. The first-order valence-corrected chi connectivity index (χ1v) is 8.00. The molecule has 0 saturated carbocycles. The van der Waals surface area contributed by atoms with Gasteiger partial charge < -0.3 is 10.6 Å². The maximum atomic E-state index is 12.1. The fourth-order valence-electron chi connectivity index (χ4n) is 2.30. The van der Waals surface area contributed by atoms with Crippen LogP contribution in [0.15, 0.2) is 61.2 Å². The second-order valence-electron chi connectivity index (χ2n) is 5.61. The molecule has 0 aliphatic carbocycles. The molecule has 1 aromatic carbocycles. The lowest BCUT2D eigenvalue weighted by atomic mass is 10.1. The van der Waals surface area contributed by atoms with Gasteiger partial charge in [-0.25, -0.2) is 9.97 Å². The van der Waals surface area contributed by atoms with E-state index in [-0.39, 0.29) is 5.91 Å². The molecule has 0 aliphatic heterocycles. The van der Waals surface area contributed by atoms with Crippen LogP contribution in [-0.2, 0) is 13.1 Å². The molecule has 0 unspecified atom stereocenters. The number of rotatable bonds is 6. The molecule has 6 nitrogen and oxygen atoms in total. The van der Waals surface area contributed by atoms with Crippen molar-refractivity contribution in [2.24, 2.45) is 0 Å². The summed E-state index contributed by atoms with van der Waals surface area (Å²) in [5.74, 6) is 0.288. The Bertz CT molecular complexity index is 834. The normalized spacial score (nSPS) is 10.3. The minimum atomic E-state index is -0.206. The second kappa shape index (κ2) is 8.01. The molecule has 2 heterocycles. The molecular formula is C19H19N5O. The van der Waals surface area contributed by atoms with Crippen LogP contribution in [0, 0.1) is 6.92 Å². The maximum Gasteiger partial charge on any atom is 0.254 e. The lowest BCUT2D eigenvalue weighted by molar-refractivity contribution is 0.0950. The molecule has 2 N–H and O–H groups in total. The van der Waals surface area contributed by atoms with Gasteiger partial charge >= 0.3 is 0 Å². The second-order valence-corrected chi connectivity index (χ2v) is 5.61. The summed E-state index contributed by atoms with van der Waals surface area (Å²) in [4.78, 5) is 24.5. The summed E-state index contributed by atoms with van der Waals surface area (Å²) in [6.45, 7) is 3.14. The SMILES string of the molecule is Cc1ccccc1CNc1ncc(C(=O)NCc2ccncc2)cn1. The number of benzene rings is 1. The van der Waals surface area contributed by atoms with E-state index in [1.807, 2.05) is 24.3 Å². The van der Waals surface area contributed by atoms with E-state index in [0.29, 0.717) is 24.6 Å². The van der Waals surface area contributed by atoms with Crippen LogP contribution in [0.1, 0.15) is 27.0 Å². The minimum absolute atomic E-state index is 0.206. The highest BCUT2D eigenvalue weighted by Gasteiger charge is 2.07. The Balaban J connectivity index is 1.54. The Hall–Kier alpha value is -3.28. The topological polar surface area (TPSA) is 79.8 Å². The van der Waals surface area contributed by atoms with E-state index in [1.165, 1.54) is 23.5 Å². The molecule has 6 heteroatoms. The van der Waals surface area contributed by atoms with Crippen LogP contribution in [0.2, 0.25) is 0 Å². The first kappa shape index (κ1) is 16.6. The highest BCUT2D eigenvalue weighted by Crippen LogP contribution is 2.09. The van der Waals surface area contributed by atoms with Gasteiger partial charge in [0.05, 0.1) is 5.56 Å². The highest BCUT2D eigenvalue weighted by atomic mass is 16.1. The van der Waals surface area contributed by atoms with Crippen molar-refractivity contribution in [2.75, 3.05) is 5.32 Å². The Morgan fingerprint density at radius 1 is 1.00 bits per heavy atom. The van der Waals surface area contributed by atoms with Crippen LogP contribution in [0.4, 0.5) is 5.95 Å². The lowest BCUT2D eigenvalue weighted by Crippen LogP contribution is -2.23. The number of nitrogens with one attached hydrogen (secondary N) is 2. The average Bonchev–Trinajstić information content (AvgIpc) is 2.67. The number of hydrogen-bond donors (Lipinski definition) is 2. The number of carbonyl (C=O) groups excluding carboxylic acids is 1. The third-order valence-electron chi connectivity index (χ3n) is 3.81. The highest BCUT2D eigenvalue weighted by molar-refractivity contribution is 5.93. The Morgan fingerprint density at radius 3 is 2.44 bits per heavy atom. The van der Waals surface area contributed by atoms with Crippen molar-refractivity contribution in [3.05, 3.63) is 83.4 Å². The van der Waals surface area contributed by atoms with E-state index in [9.17, 15) is 4.79 Å². The molecular weight excluding hydrogens is 314 g/mol. The molecule has 2 aromatic heterocycles. The molecule has 0 saturated heterocycles. The number of hydrogen-bond acceptors (Lipinski definition) is 5. The van der Waals surface area contributed by atoms with Crippen molar-refractivity contribution in [3.8, 4) is 0 Å². The van der Waals surface area contributed by atoms with Gasteiger partial charge in [-0.1, -0.05) is 24.3 Å². The Kier molecular flexibility index (Phi) is 5.31. The number of amides is 1. The van der Waals surface area contributed by atoms with E-state index in [1.54, 1.807) is 12.4 Å². The summed E-state index contributed by atoms with van der Waals surface area (Å²) < 4.78 is 0. The first-order valence-electron chi connectivity index (χ1n) is 8.00. The zero-order valence-corrected chi connectivity index (χ0v) is 13.9. The van der Waals surface area contributed by atoms with Crippen LogP contribution >= 0.6 is 0 Å². The molecule has 1 amide bonds. The van der Waals surface area contributed by atoms with Gasteiger partial charge in [0.15, 0.2) is 0 Å². The summed E-state index contributed by atoms with van der Waals surface area (Å²) >= 11 is 0. The molecule has 126 valence electrons. The maximum absolute atomic E-state index is 12.1. The van der Waals surface area contributed by atoms with Crippen LogP contribution in [0.3, 0.4) is 0 Å². The minimum Gasteiger partial charge on any atom is -0.350 e. The van der Waals surface area contributed by atoms with Crippen LogP contribution < -0.4 is 10.6 Å². The van der Waals surface area contributed by atoms with Crippen molar-refractivity contribution in [2.45, 2.75) is 20.0 Å². The molecule has 3 aromatic rings. The van der Waals surface area contributed by atoms with E-state index in [4.69, 9.17) is 0 Å². The third-order valence-corrected chi connectivity index (χ3v) is 3.81. The molecule has 0 spiro atoms. The molecule has 0 radical (unpaired) electrons. The average molecular weight is 333 g/mol. The number of pyridine rings is 1. The summed E-state index contributed by atoms with van der Waals surface area (Å²) in [7, 11) is 0. The van der Waals surface area contributed by atoms with E-state index in [0.717, 1.165) is 5.56 Å². The Labute approximate surface area is 146 Å². The van der Waals surface area contributed by atoms with Gasteiger partial charge in [0, 0.05) is 37.9 Å². The van der Waals surface area contributed by atoms with Crippen LogP contribution in [0.25, 0.3) is 0 Å². The van der Waals surface area contributed by atoms with Gasteiger partial charge in [-0.05, 0) is 35.7 Å². The van der Waals surface area contributed by atoms with Gasteiger partial charge in [0.1, 0.15) is 0 Å². The van der Waals surface area contributed by atoms with Gasteiger partial charge in [-0.3, -0.25) is 9.78 Å². The number of aryl methyl sites for hydroxylation is 1. The standard InChI is InChI=1S/C19H19N5O/c1-14-4-2-3-5-16(14)11-22-19-23-12-17(13-24-19)18(25)21-10-15-6-8-20-9-7-15/h2-9,12-13H,10-11H2,1H3,(H,21,25)(H,22,23,24). The van der Waals surface area contributed by atoms with Gasteiger partial charge in [0.2, 0.25) is 5.95 Å². The lowest BCUT2D eigenvalue weighted by Gasteiger charge is -2.08.